The molecule has 5 nitrogen and oxygen atoms in total. The first-order chi connectivity index (χ1) is 19.2. The number of likely N-dealkylation sites (tertiary alicyclic amines) is 1. The van der Waals surface area contributed by atoms with E-state index in [0.717, 1.165) is 34.9 Å². The first-order valence-corrected chi connectivity index (χ1v) is 13.9. The fourth-order valence-corrected chi connectivity index (χ4v) is 6.04. The summed E-state index contributed by atoms with van der Waals surface area (Å²) in [6, 6.07) is 20.7. The molecule has 1 N–H and O–H groups in total. The molecule has 4 aromatic rings. The third-order valence-corrected chi connectivity index (χ3v) is 8.59. The molecule has 1 aliphatic carbocycles. The summed E-state index contributed by atoms with van der Waals surface area (Å²) >= 11 is 0. The SMILES string of the molecule is Cn1cc(CC(=O)N2C[C@H](F)C[C@H]2C(=O)N[C@@H](c2ccccc2)c2ccc(C3(C)CC3)c(F)c2)c2ccccc21. The van der Waals surface area contributed by atoms with Gasteiger partial charge in [0, 0.05) is 30.6 Å². The zero-order chi connectivity index (χ0) is 28.0. The van der Waals surface area contributed by atoms with Gasteiger partial charge in [0.2, 0.25) is 11.8 Å². The zero-order valence-corrected chi connectivity index (χ0v) is 22.7. The lowest BCUT2D eigenvalue weighted by Crippen LogP contribution is -2.47. The maximum absolute atomic E-state index is 15.2. The fraction of sp³-hybridized carbons (Fsp3) is 0.333. The number of hydrogen-bond donors (Lipinski definition) is 1. The number of carbonyl (C=O) groups excluding carboxylic acids is 2. The van der Waals surface area contributed by atoms with Crippen molar-refractivity contribution in [2.24, 2.45) is 7.05 Å². The number of carbonyl (C=O) groups is 2. The topological polar surface area (TPSA) is 54.3 Å². The minimum Gasteiger partial charge on any atom is -0.350 e. The van der Waals surface area contributed by atoms with Crippen molar-refractivity contribution in [3.63, 3.8) is 0 Å². The molecule has 3 aromatic carbocycles. The number of aryl methyl sites for hydroxylation is 1. The Labute approximate surface area is 232 Å². The summed E-state index contributed by atoms with van der Waals surface area (Å²) < 4.78 is 31.9. The number of amides is 2. The number of nitrogens with one attached hydrogen (secondary N) is 1. The molecular weight excluding hydrogens is 508 g/mol. The van der Waals surface area contributed by atoms with Gasteiger partial charge in [-0.3, -0.25) is 9.59 Å². The molecule has 0 bridgehead atoms. The van der Waals surface area contributed by atoms with Crippen molar-refractivity contribution < 1.29 is 18.4 Å². The van der Waals surface area contributed by atoms with E-state index in [0.29, 0.717) is 11.1 Å². The molecule has 0 spiro atoms. The summed E-state index contributed by atoms with van der Waals surface area (Å²) in [6.07, 6.45) is 2.53. The lowest BCUT2D eigenvalue weighted by molar-refractivity contribution is -0.138. The van der Waals surface area contributed by atoms with Gasteiger partial charge < -0.3 is 14.8 Å². The van der Waals surface area contributed by atoms with Crippen LogP contribution in [0.1, 0.15) is 54.5 Å². The highest BCUT2D eigenvalue weighted by Crippen LogP contribution is 2.48. The van der Waals surface area contributed by atoms with Crippen LogP contribution in [-0.4, -0.2) is 40.0 Å². The maximum atomic E-state index is 15.2. The van der Waals surface area contributed by atoms with E-state index >= 15 is 4.39 Å². The summed E-state index contributed by atoms with van der Waals surface area (Å²) in [4.78, 5) is 28.5. The second-order valence-electron chi connectivity index (χ2n) is 11.5. The largest absolute Gasteiger partial charge is 0.350 e. The molecule has 1 saturated carbocycles. The minimum atomic E-state index is -1.29. The second-order valence-corrected chi connectivity index (χ2v) is 11.5. The van der Waals surface area contributed by atoms with Crippen LogP contribution in [0.4, 0.5) is 8.78 Å². The summed E-state index contributed by atoms with van der Waals surface area (Å²) in [7, 11) is 1.92. The van der Waals surface area contributed by atoms with Crippen LogP contribution in [-0.2, 0) is 28.5 Å². The number of hydrogen-bond acceptors (Lipinski definition) is 2. The van der Waals surface area contributed by atoms with Gasteiger partial charge in [0.15, 0.2) is 0 Å². The predicted molar refractivity (Wildman–Crippen MR) is 151 cm³/mol. The summed E-state index contributed by atoms with van der Waals surface area (Å²) in [6.45, 7) is 1.93. The summed E-state index contributed by atoms with van der Waals surface area (Å²) in [5.41, 5.74) is 3.79. The zero-order valence-electron chi connectivity index (χ0n) is 22.7. The van der Waals surface area contributed by atoms with Crippen LogP contribution in [0.2, 0.25) is 0 Å². The Morgan fingerprint density at radius 3 is 2.48 bits per heavy atom. The molecule has 2 aliphatic rings. The maximum Gasteiger partial charge on any atom is 0.243 e. The summed E-state index contributed by atoms with van der Waals surface area (Å²) in [5.74, 6) is -1.02. The molecule has 206 valence electrons. The van der Waals surface area contributed by atoms with Gasteiger partial charge in [-0.05, 0) is 52.6 Å². The molecule has 1 aromatic heterocycles. The Kier molecular flexibility index (Phi) is 6.69. The number of fused-ring (bicyclic) bond motifs is 1. The van der Waals surface area contributed by atoms with E-state index in [1.165, 1.54) is 11.0 Å². The van der Waals surface area contributed by atoms with Crippen molar-refractivity contribution in [2.75, 3.05) is 6.54 Å². The van der Waals surface area contributed by atoms with Crippen LogP contribution in [0.15, 0.2) is 79.0 Å². The third kappa shape index (κ3) is 4.89. The standard InChI is InChI=1S/C33H33F2N3O2/c1-33(14-15-33)26-13-12-22(16-27(26)35)31(21-8-4-3-5-9-21)36-32(40)29-18-24(34)20-38(29)30(39)17-23-19-37(2)28-11-7-6-10-25(23)28/h3-13,16,19,24,29,31H,14-15,17-18,20H2,1-2H3,(H,36,40)/t24-,29+,31+/m1/s1. The predicted octanol–water partition coefficient (Wildman–Crippen LogP) is 5.76. The second kappa shape index (κ2) is 10.2. The highest BCUT2D eigenvalue weighted by Gasteiger charge is 2.42. The van der Waals surface area contributed by atoms with E-state index in [1.807, 2.05) is 84.5 Å². The van der Waals surface area contributed by atoms with Gasteiger partial charge in [0.05, 0.1) is 19.0 Å². The minimum absolute atomic E-state index is 0.0692. The van der Waals surface area contributed by atoms with Crippen LogP contribution in [0, 0.1) is 5.82 Å². The van der Waals surface area contributed by atoms with Crippen molar-refractivity contribution in [2.45, 2.75) is 56.3 Å². The van der Waals surface area contributed by atoms with Crippen molar-refractivity contribution in [3.05, 3.63) is 107 Å². The molecular formula is C33H33F2N3O2. The molecule has 1 saturated heterocycles. The van der Waals surface area contributed by atoms with Crippen LogP contribution in [0.3, 0.4) is 0 Å². The molecule has 6 rings (SSSR count). The molecule has 40 heavy (non-hydrogen) atoms. The number of rotatable bonds is 7. The number of alkyl halides is 1. The number of para-hydroxylation sites is 1. The average Bonchev–Trinajstić information content (AvgIpc) is 3.45. The van der Waals surface area contributed by atoms with Crippen LogP contribution < -0.4 is 5.32 Å². The van der Waals surface area contributed by atoms with Crippen LogP contribution >= 0.6 is 0 Å². The van der Waals surface area contributed by atoms with Gasteiger partial charge in [-0.25, -0.2) is 8.78 Å². The molecule has 0 unspecified atom stereocenters. The molecule has 2 fully saturated rings. The van der Waals surface area contributed by atoms with Gasteiger partial charge in [0.25, 0.3) is 0 Å². The van der Waals surface area contributed by atoms with Crippen LogP contribution in [0.5, 0.6) is 0 Å². The quantitative estimate of drug-likeness (QED) is 0.324. The summed E-state index contributed by atoms with van der Waals surface area (Å²) in [5, 5.41) is 3.99. The van der Waals surface area contributed by atoms with Crippen molar-refractivity contribution in [1.82, 2.24) is 14.8 Å². The van der Waals surface area contributed by atoms with Gasteiger partial charge in [0.1, 0.15) is 18.0 Å². The van der Waals surface area contributed by atoms with Crippen LogP contribution in [0.25, 0.3) is 10.9 Å². The van der Waals surface area contributed by atoms with E-state index in [-0.39, 0.29) is 36.5 Å². The highest BCUT2D eigenvalue weighted by molar-refractivity contribution is 5.93. The van der Waals surface area contributed by atoms with E-state index in [1.54, 1.807) is 0 Å². The first kappa shape index (κ1) is 26.2. The average molecular weight is 542 g/mol. The Morgan fingerprint density at radius 2 is 1.75 bits per heavy atom. The van der Waals surface area contributed by atoms with E-state index < -0.39 is 24.2 Å². The smallest absolute Gasteiger partial charge is 0.243 e. The van der Waals surface area contributed by atoms with Gasteiger partial charge in [-0.1, -0.05) is 67.6 Å². The highest BCUT2D eigenvalue weighted by atomic mass is 19.1. The lowest BCUT2D eigenvalue weighted by atomic mass is 9.92. The van der Waals surface area contributed by atoms with Gasteiger partial charge >= 0.3 is 0 Å². The fourth-order valence-electron chi connectivity index (χ4n) is 6.04. The van der Waals surface area contributed by atoms with E-state index in [2.05, 4.69) is 12.2 Å². The normalized spacial score (nSPS) is 20.4. The molecule has 1 aliphatic heterocycles. The van der Waals surface area contributed by atoms with Gasteiger partial charge in [-0.2, -0.15) is 0 Å². The molecule has 0 radical (unpaired) electrons. The molecule has 3 atom stereocenters. The van der Waals surface area contributed by atoms with E-state index in [4.69, 9.17) is 0 Å². The van der Waals surface area contributed by atoms with Crippen molar-refractivity contribution in [1.29, 1.82) is 0 Å². The Balaban J connectivity index is 1.25. The number of aromatic nitrogens is 1. The molecule has 2 heterocycles. The first-order valence-electron chi connectivity index (χ1n) is 13.9. The number of halogens is 2. The molecule has 2 amide bonds. The Bertz CT molecular complexity index is 1580. The van der Waals surface area contributed by atoms with E-state index in [9.17, 15) is 14.0 Å². The van der Waals surface area contributed by atoms with Crippen molar-refractivity contribution in [3.8, 4) is 0 Å². The van der Waals surface area contributed by atoms with Gasteiger partial charge in [-0.15, -0.1) is 0 Å². The number of nitrogens with zero attached hydrogens (tertiary/aromatic N) is 2. The number of benzene rings is 3. The van der Waals surface area contributed by atoms with Crippen molar-refractivity contribution >= 4 is 22.7 Å². The Morgan fingerprint density at radius 1 is 1.02 bits per heavy atom. The Hall–Kier alpha value is -4.00. The monoisotopic (exact) mass is 541 g/mol. The molecule has 7 heteroatoms. The lowest BCUT2D eigenvalue weighted by Gasteiger charge is -2.27. The third-order valence-electron chi connectivity index (χ3n) is 8.59.